The number of nitrogens with one attached hydrogen (secondary N) is 1. The van der Waals surface area contributed by atoms with Gasteiger partial charge in [0, 0.05) is 25.7 Å². The number of rotatable bonds is 7. The van der Waals surface area contributed by atoms with Gasteiger partial charge in [0.15, 0.2) is 11.0 Å². The van der Waals surface area contributed by atoms with Gasteiger partial charge >= 0.3 is 0 Å². The SMILES string of the molecule is CCNC(=O)CSc1nnc(CN2CCCCCC2=O)n1-c1cccnc1. The van der Waals surface area contributed by atoms with E-state index in [1.165, 1.54) is 11.8 Å². The molecule has 1 saturated heterocycles. The molecule has 0 aliphatic carbocycles. The molecule has 2 amide bonds. The molecule has 0 spiro atoms. The van der Waals surface area contributed by atoms with Gasteiger partial charge in [-0.15, -0.1) is 10.2 Å². The molecular weight excluding hydrogens is 364 g/mol. The van der Waals surface area contributed by atoms with E-state index >= 15 is 0 Å². The largest absolute Gasteiger partial charge is 0.356 e. The number of carbonyl (C=O) groups is 2. The zero-order valence-corrected chi connectivity index (χ0v) is 16.2. The highest BCUT2D eigenvalue weighted by atomic mass is 32.2. The van der Waals surface area contributed by atoms with E-state index in [0.29, 0.717) is 30.5 Å². The maximum absolute atomic E-state index is 12.4. The van der Waals surface area contributed by atoms with Gasteiger partial charge in [-0.3, -0.25) is 19.1 Å². The molecule has 0 saturated carbocycles. The van der Waals surface area contributed by atoms with Crippen LogP contribution in [-0.2, 0) is 16.1 Å². The van der Waals surface area contributed by atoms with E-state index in [2.05, 4.69) is 20.5 Å². The minimum Gasteiger partial charge on any atom is -0.356 e. The van der Waals surface area contributed by atoms with Gasteiger partial charge in [0.25, 0.3) is 0 Å². The summed E-state index contributed by atoms with van der Waals surface area (Å²) in [5.41, 5.74) is 0.818. The molecule has 8 nitrogen and oxygen atoms in total. The average Bonchev–Trinajstić information content (AvgIpc) is 2.97. The number of aromatic nitrogens is 4. The molecule has 1 aliphatic heterocycles. The van der Waals surface area contributed by atoms with Gasteiger partial charge in [0.1, 0.15) is 0 Å². The van der Waals surface area contributed by atoms with Crippen LogP contribution < -0.4 is 5.32 Å². The first-order valence-corrected chi connectivity index (χ1v) is 10.2. The summed E-state index contributed by atoms with van der Waals surface area (Å²) in [6, 6.07) is 3.76. The molecule has 0 unspecified atom stereocenters. The molecule has 1 aliphatic rings. The van der Waals surface area contributed by atoms with Crippen LogP contribution in [0, 0.1) is 0 Å². The van der Waals surface area contributed by atoms with Gasteiger partial charge in [-0.1, -0.05) is 18.2 Å². The quantitative estimate of drug-likeness (QED) is 0.727. The normalized spacial score (nSPS) is 14.9. The third-order valence-corrected chi connectivity index (χ3v) is 5.24. The fourth-order valence-corrected chi connectivity index (χ4v) is 3.80. The molecule has 1 fully saturated rings. The van der Waals surface area contributed by atoms with Crippen molar-refractivity contribution >= 4 is 23.6 Å². The summed E-state index contributed by atoms with van der Waals surface area (Å²) < 4.78 is 1.88. The predicted molar refractivity (Wildman–Crippen MR) is 102 cm³/mol. The summed E-state index contributed by atoms with van der Waals surface area (Å²) in [6.07, 6.45) is 7.04. The van der Waals surface area contributed by atoms with Crippen molar-refractivity contribution in [2.24, 2.45) is 0 Å². The maximum Gasteiger partial charge on any atom is 0.230 e. The first-order chi connectivity index (χ1) is 13.2. The number of pyridine rings is 1. The number of amides is 2. The summed E-state index contributed by atoms with van der Waals surface area (Å²) in [5.74, 6) is 1.04. The van der Waals surface area contributed by atoms with Crippen LogP contribution in [0.1, 0.15) is 38.4 Å². The molecule has 9 heteroatoms. The van der Waals surface area contributed by atoms with Gasteiger partial charge < -0.3 is 10.2 Å². The van der Waals surface area contributed by atoms with Gasteiger partial charge in [-0.2, -0.15) is 0 Å². The highest BCUT2D eigenvalue weighted by Crippen LogP contribution is 2.23. The Morgan fingerprint density at radius 3 is 2.96 bits per heavy atom. The van der Waals surface area contributed by atoms with E-state index in [1.54, 1.807) is 12.4 Å². The fourth-order valence-electron chi connectivity index (χ4n) is 3.00. The lowest BCUT2D eigenvalue weighted by atomic mass is 10.2. The summed E-state index contributed by atoms with van der Waals surface area (Å²) >= 11 is 1.32. The highest BCUT2D eigenvalue weighted by Gasteiger charge is 2.22. The van der Waals surface area contributed by atoms with Crippen molar-refractivity contribution in [3.63, 3.8) is 0 Å². The van der Waals surface area contributed by atoms with E-state index in [0.717, 1.165) is 31.5 Å². The second kappa shape index (κ2) is 9.50. The predicted octanol–water partition coefficient (Wildman–Crippen LogP) is 1.79. The van der Waals surface area contributed by atoms with Crippen LogP contribution in [0.2, 0.25) is 0 Å². The van der Waals surface area contributed by atoms with Crippen LogP contribution >= 0.6 is 11.8 Å². The molecule has 0 bridgehead atoms. The van der Waals surface area contributed by atoms with Crippen LogP contribution in [0.25, 0.3) is 5.69 Å². The molecule has 3 rings (SSSR count). The van der Waals surface area contributed by atoms with Crippen LogP contribution in [0.4, 0.5) is 0 Å². The summed E-state index contributed by atoms with van der Waals surface area (Å²) in [5, 5.41) is 12.0. The Kier molecular flexibility index (Phi) is 6.80. The second-order valence-electron chi connectivity index (χ2n) is 6.31. The minimum atomic E-state index is -0.0486. The van der Waals surface area contributed by atoms with Gasteiger partial charge in [0.2, 0.25) is 11.8 Å². The number of hydrogen-bond acceptors (Lipinski definition) is 6. The zero-order valence-electron chi connectivity index (χ0n) is 15.4. The van der Waals surface area contributed by atoms with Gasteiger partial charge in [0.05, 0.1) is 24.2 Å². The van der Waals surface area contributed by atoms with Crippen molar-refractivity contribution in [1.82, 2.24) is 30.0 Å². The Hall–Kier alpha value is -2.42. The van der Waals surface area contributed by atoms with Gasteiger partial charge in [-0.25, -0.2) is 0 Å². The third-order valence-electron chi connectivity index (χ3n) is 4.31. The summed E-state index contributed by atoms with van der Waals surface area (Å²) in [4.78, 5) is 30.2. The smallest absolute Gasteiger partial charge is 0.230 e. The number of thioether (sulfide) groups is 1. The highest BCUT2D eigenvalue weighted by molar-refractivity contribution is 7.99. The summed E-state index contributed by atoms with van der Waals surface area (Å²) in [6.45, 7) is 3.62. The van der Waals surface area contributed by atoms with Crippen molar-refractivity contribution < 1.29 is 9.59 Å². The molecule has 0 radical (unpaired) electrons. The lowest BCUT2D eigenvalue weighted by Crippen LogP contribution is -2.31. The molecule has 3 heterocycles. The topological polar surface area (TPSA) is 93.0 Å². The van der Waals surface area contributed by atoms with Crippen LogP contribution in [-0.4, -0.2) is 55.3 Å². The lowest BCUT2D eigenvalue weighted by Gasteiger charge is -2.20. The number of hydrogen-bond donors (Lipinski definition) is 1. The molecule has 2 aromatic heterocycles. The van der Waals surface area contributed by atoms with Crippen LogP contribution in [0.3, 0.4) is 0 Å². The molecule has 1 N–H and O–H groups in total. The Balaban J connectivity index is 1.84. The van der Waals surface area contributed by atoms with Crippen molar-refractivity contribution in [1.29, 1.82) is 0 Å². The monoisotopic (exact) mass is 388 g/mol. The first kappa shape index (κ1) is 19.3. The van der Waals surface area contributed by atoms with Crippen molar-refractivity contribution in [2.45, 2.75) is 44.3 Å². The van der Waals surface area contributed by atoms with Crippen LogP contribution in [0.15, 0.2) is 29.7 Å². The maximum atomic E-state index is 12.4. The number of nitrogens with zero attached hydrogens (tertiary/aromatic N) is 5. The van der Waals surface area contributed by atoms with E-state index in [1.807, 2.05) is 28.5 Å². The van der Waals surface area contributed by atoms with Crippen molar-refractivity contribution in [3.05, 3.63) is 30.4 Å². The fraction of sp³-hybridized carbons (Fsp3) is 0.500. The molecular formula is C18H24N6O2S. The van der Waals surface area contributed by atoms with E-state index in [9.17, 15) is 9.59 Å². The molecule has 0 atom stereocenters. The third kappa shape index (κ3) is 5.06. The lowest BCUT2D eigenvalue weighted by molar-refractivity contribution is -0.131. The number of likely N-dealkylation sites (tertiary alicyclic amines) is 1. The van der Waals surface area contributed by atoms with E-state index in [-0.39, 0.29) is 17.6 Å². The summed E-state index contributed by atoms with van der Waals surface area (Å²) in [7, 11) is 0. The molecule has 2 aromatic rings. The van der Waals surface area contributed by atoms with Crippen molar-refractivity contribution in [3.8, 4) is 5.69 Å². The standard InChI is InChI=1S/C18H24N6O2S/c1-2-20-16(25)13-27-18-22-21-15(24(18)14-7-6-9-19-11-14)12-23-10-5-3-4-8-17(23)26/h6-7,9,11H,2-5,8,10,12-13H2,1H3,(H,20,25). The zero-order chi connectivity index (χ0) is 19.1. The van der Waals surface area contributed by atoms with Crippen LogP contribution in [0.5, 0.6) is 0 Å². The van der Waals surface area contributed by atoms with E-state index < -0.39 is 0 Å². The average molecular weight is 388 g/mol. The molecule has 144 valence electrons. The van der Waals surface area contributed by atoms with Gasteiger partial charge in [-0.05, 0) is 31.9 Å². The Bertz CT molecular complexity index is 779. The Morgan fingerprint density at radius 2 is 2.19 bits per heavy atom. The number of carbonyl (C=O) groups excluding carboxylic acids is 2. The Morgan fingerprint density at radius 1 is 1.30 bits per heavy atom. The second-order valence-corrected chi connectivity index (χ2v) is 7.26. The van der Waals surface area contributed by atoms with E-state index in [4.69, 9.17) is 0 Å². The molecule has 27 heavy (non-hydrogen) atoms. The van der Waals surface area contributed by atoms with Crippen molar-refractivity contribution in [2.75, 3.05) is 18.8 Å². The molecule has 0 aromatic carbocycles. The Labute approximate surface area is 162 Å². The minimum absolute atomic E-state index is 0.0486. The first-order valence-electron chi connectivity index (χ1n) is 9.21.